The van der Waals surface area contributed by atoms with Crippen LogP contribution in [0.3, 0.4) is 0 Å². The van der Waals surface area contributed by atoms with E-state index in [0.717, 1.165) is 0 Å². The molecule has 0 fully saturated rings. The molecule has 1 aromatic rings. The molecule has 0 saturated carbocycles. The van der Waals surface area contributed by atoms with Crippen LogP contribution in [0.2, 0.25) is 0 Å². The van der Waals surface area contributed by atoms with Crippen LogP contribution < -0.4 is 0 Å². The van der Waals surface area contributed by atoms with E-state index in [2.05, 4.69) is 10.1 Å². The smallest absolute Gasteiger partial charge is 0.232 e. The minimum atomic E-state index is -0.458. The van der Waals surface area contributed by atoms with Gasteiger partial charge < -0.3 is 9.63 Å². The van der Waals surface area contributed by atoms with Gasteiger partial charge in [0.15, 0.2) is 5.82 Å². The molecular formula is C9H16N2O2. The summed E-state index contributed by atoms with van der Waals surface area (Å²) >= 11 is 0. The molecule has 4 heteroatoms. The zero-order chi connectivity index (χ0) is 10.0. The number of hydrogen-bond acceptors (Lipinski definition) is 4. The normalized spacial score (nSPS) is 16.2. The van der Waals surface area contributed by atoms with Gasteiger partial charge in [0, 0.05) is 5.92 Å². The Bertz CT molecular complexity index is 268. The van der Waals surface area contributed by atoms with Crippen LogP contribution in [0, 0.1) is 0 Å². The SMILES string of the molecule is CC(C)c1noc(C(C)C(C)O)n1. The van der Waals surface area contributed by atoms with Crippen molar-refractivity contribution in [2.45, 2.75) is 45.6 Å². The maximum absolute atomic E-state index is 9.29. The Kier molecular flexibility index (Phi) is 3.03. The molecule has 0 bridgehead atoms. The summed E-state index contributed by atoms with van der Waals surface area (Å²) in [6, 6.07) is 0. The summed E-state index contributed by atoms with van der Waals surface area (Å²) < 4.78 is 5.03. The van der Waals surface area contributed by atoms with E-state index in [1.165, 1.54) is 0 Å². The molecule has 0 aromatic carbocycles. The molecule has 74 valence electrons. The number of nitrogens with zero attached hydrogens (tertiary/aromatic N) is 2. The van der Waals surface area contributed by atoms with Gasteiger partial charge in [-0.05, 0) is 6.92 Å². The van der Waals surface area contributed by atoms with Crippen LogP contribution >= 0.6 is 0 Å². The van der Waals surface area contributed by atoms with Crippen molar-refractivity contribution in [3.8, 4) is 0 Å². The van der Waals surface area contributed by atoms with Crippen LogP contribution in [-0.2, 0) is 0 Å². The fourth-order valence-electron chi connectivity index (χ4n) is 0.873. The highest BCUT2D eigenvalue weighted by atomic mass is 16.5. The second kappa shape index (κ2) is 3.87. The molecular weight excluding hydrogens is 168 g/mol. The van der Waals surface area contributed by atoms with Crippen molar-refractivity contribution in [3.05, 3.63) is 11.7 Å². The van der Waals surface area contributed by atoms with Crippen LogP contribution in [0.5, 0.6) is 0 Å². The van der Waals surface area contributed by atoms with E-state index in [1.807, 2.05) is 20.8 Å². The Hall–Kier alpha value is -0.900. The molecule has 0 saturated heterocycles. The predicted molar refractivity (Wildman–Crippen MR) is 48.5 cm³/mol. The van der Waals surface area contributed by atoms with E-state index in [-0.39, 0.29) is 11.8 Å². The monoisotopic (exact) mass is 184 g/mol. The number of hydrogen-bond donors (Lipinski definition) is 1. The Morgan fingerprint density at radius 3 is 2.23 bits per heavy atom. The van der Waals surface area contributed by atoms with E-state index in [0.29, 0.717) is 11.7 Å². The maximum Gasteiger partial charge on any atom is 0.232 e. The first-order valence-corrected chi connectivity index (χ1v) is 4.54. The lowest BCUT2D eigenvalue weighted by atomic mass is 10.1. The van der Waals surface area contributed by atoms with E-state index in [1.54, 1.807) is 6.92 Å². The van der Waals surface area contributed by atoms with Gasteiger partial charge in [-0.3, -0.25) is 0 Å². The van der Waals surface area contributed by atoms with Crippen LogP contribution in [0.1, 0.15) is 51.2 Å². The zero-order valence-corrected chi connectivity index (χ0v) is 8.48. The van der Waals surface area contributed by atoms with E-state index >= 15 is 0 Å². The number of aliphatic hydroxyl groups is 1. The lowest BCUT2D eigenvalue weighted by Gasteiger charge is -2.08. The van der Waals surface area contributed by atoms with Gasteiger partial charge in [-0.25, -0.2) is 0 Å². The number of aliphatic hydroxyl groups excluding tert-OH is 1. The molecule has 1 rings (SSSR count). The first-order valence-electron chi connectivity index (χ1n) is 4.54. The summed E-state index contributed by atoms with van der Waals surface area (Å²) in [5, 5.41) is 13.1. The minimum absolute atomic E-state index is 0.0972. The molecule has 1 heterocycles. The predicted octanol–water partition coefficient (Wildman–Crippen LogP) is 1.68. The summed E-state index contributed by atoms with van der Waals surface area (Å²) in [4.78, 5) is 4.19. The summed E-state index contributed by atoms with van der Waals surface area (Å²) in [5.41, 5.74) is 0. The zero-order valence-electron chi connectivity index (χ0n) is 8.48. The lowest BCUT2D eigenvalue weighted by molar-refractivity contribution is 0.151. The topological polar surface area (TPSA) is 59.2 Å². The second-order valence-corrected chi connectivity index (χ2v) is 3.67. The van der Waals surface area contributed by atoms with Crippen molar-refractivity contribution in [2.75, 3.05) is 0 Å². The second-order valence-electron chi connectivity index (χ2n) is 3.67. The molecule has 4 nitrogen and oxygen atoms in total. The quantitative estimate of drug-likeness (QED) is 0.776. The van der Waals surface area contributed by atoms with Crippen molar-refractivity contribution in [1.82, 2.24) is 10.1 Å². The van der Waals surface area contributed by atoms with Crippen LogP contribution in [0.15, 0.2) is 4.52 Å². The molecule has 2 unspecified atom stereocenters. The Balaban J connectivity index is 2.79. The molecule has 13 heavy (non-hydrogen) atoms. The molecule has 0 amide bonds. The summed E-state index contributed by atoms with van der Waals surface area (Å²) in [5.74, 6) is 1.37. The average Bonchev–Trinajstić information content (AvgIpc) is 2.50. The van der Waals surface area contributed by atoms with Gasteiger partial charge in [0.1, 0.15) is 0 Å². The summed E-state index contributed by atoms with van der Waals surface area (Å²) in [6.07, 6.45) is -0.458. The van der Waals surface area contributed by atoms with Gasteiger partial charge in [0.05, 0.1) is 12.0 Å². The van der Waals surface area contributed by atoms with E-state index in [4.69, 9.17) is 4.52 Å². The van der Waals surface area contributed by atoms with Crippen molar-refractivity contribution in [3.63, 3.8) is 0 Å². The highest BCUT2D eigenvalue weighted by molar-refractivity contribution is 4.97. The van der Waals surface area contributed by atoms with Crippen LogP contribution in [0.4, 0.5) is 0 Å². The largest absolute Gasteiger partial charge is 0.393 e. The molecule has 0 aliphatic carbocycles. The van der Waals surface area contributed by atoms with E-state index < -0.39 is 6.10 Å². The summed E-state index contributed by atoms with van der Waals surface area (Å²) in [7, 11) is 0. The van der Waals surface area contributed by atoms with Gasteiger partial charge in [-0.2, -0.15) is 4.98 Å². The molecule has 1 aromatic heterocycles. The molecule has 1 N–H and O–H groups in total. The molecule has 0 spiro atoms. The Morgan fingerprint density at radius 1 is 1.23 bits per heavy atom. The standard InChI is InChI=1S/C9H16N2O2/c1-5(2)8-10-9(13-11-8)6(3)7(4)12/h5-7,12H,1-4H3. The van der Waals surface area contributed by atoms with Crippen molar-refractivity contribution >= 4 is 0 Å². The summed E-state index contributed by atoms with van der Waals surface area (Å²) in [6.45, 7) is 7.58. The molecule has 0 radical (unpaired) electrons. The fourth-order valence-corrected chi connectivity index (χ4v) is 0.873. The van der Waals surface area contributed by atoms with Crippen molar-refractivity contribution < 1.29 is 9.63 Å². The minimum Gasteiger partial charge on any atom is -0.393 e. The van der Waals surface area contributed by atoms with Gasteiger partial charge in [0.25, 0.3) is 0 Å². The van der Waals surface area contributed by atoms with Crippen LogP contribution in [0.25, 0.3) is 0 Å². The highest BCUT2D eigenvalue weighted by Crippen LogP contribution is 2.19. The number of rotatable bonds is 3. The van der Waals surface area contributed by atoms with E-state index in [9.17, 15) is 5.11 Å². The Morgan fingerprint density at radius 2 is 1.85 bits per heavy atom. The first-order chi connectivity index (χ1) is 6.02. The number of aromatic nitrogens is 2. The third kappa shape index (κ3) is 2.28. The van der Waals surface area contributed by atoms with Gasteiger partial charge in [-0.1, -0.05) is 25.9 Å². The van der Waals surface area contributed by atoms with Crippen molar-refractivity contribution in [2.24, 2.45) is 0 Å². The van der Waals surface area contributed by atoms with Gasteiger partial charge >= 0.3 is 0 Å². The third-order valence-electron chi connectivity index (χ3n) is 2.09. The molecule has 0 aliphatic heterocycles. The van der Waals surface area contributed by atoms with Gasteiger partial charge in [0.2, 0.25) is 5.89 Å². The van der Waals surface area contributed by atoms with Gasteiger partial charge in [-0.15, -0.1) is 0 Å². The Labute approximate surface area is 78.0 Å². The average molecular weight is 184 g/mol. The van der Waals surface area contributed by atoms with Crippen LogP contribution in [-0.4, -0.2) is 21.4 Å². The first kappa shape index (κ1) is 10.2. The highest BCUT2D eigenvalue weighted by Gasteiger charge is 2.19. The van der Waals surface area contributed by atoms with Crippen molar-refractivity contribution in [1.29, 1.82) is 0 Å². The lowest BCUT2D eigenvalue weighted by Crippen LogP contribution is -2.11. The molecule has 2 atom stereocenters. The maximum atomic E-state index is 9.29. The third-order valence-corrected chi connectivity index (χ3v) is 2.09. The fraction of sp³-hybridized carbons (Fsp3) is 0.778. The molecule has 0 aliphatic rings.